The van der Waals surface area contributed by atoms with Crippen molar-refractivity contribution in [1.82, 2.24) is 0 Å². The molecule has 0 aromatic heterocycles. The van der Waals surface area contributed by atoms with Crippen molar-refractivity contribution in [3.8, 4) is 0 Å². The highest BCUT2D eigenvalue weighted by Crippen LogP contribution is 2.38. The van der Waals surface area contributed by atoms with Crippen molar-refractivity contribution in [2.45, 2.75) is 26.2 Å². The van der Waals surface area contributed by atoms with E-state index < -0.39 is 0 Å². The number of carbonyl (C=O) groups is 1. The molecule has 0 radical (unpaired) electrons. The summed E-state index contributed by atoms with van der Waals surface area (Å²) in [6.07, 6.45) is 0. The lowest BCUT2D eigenvalue weighted by Gasteiger charge is -2.19. The number of nitrogens with one attached hydrogen (secondary N) is 1. The number of anilines is 1. The summed E-state index contributed by atoms with van der Waals surface area (Å²) in [6.45, 7) is 6.87. The number of fused-ring (bicyclic) bond motifs is 1. The van der Waals surface area contributed by atoms with Crippen LogP contribution in [-0.2, 0) is 5.41 Å². The van der Waals surface area contributed by atoms with E-state index in [0.717, 1.165) is 17.8 Å². The van der Waals surface area contributed by atoms with E-state index in [9.17, 15) is 4.79 Å². The highest BCUT2D eigenvalue weighted by Gasteiger charge is 2.32. The Balaban J connectivity index is 2.66. The van der Waals surface area contributed by atoms with Gasteiger partial charge in [0.25, 0.3) is 0 Å². The van der Waals surface area contributed by atoms with Crippen molar-refractivity contribution in [2.75, 3.05) is 11.9 Å². The zero-order valence-electron chi connectivity index (χ0n) is 8.85. The van der Waals surface area contributed by atoms with Crippen LogP contribution in [0.1, 0.15) is 36.7 Å². The monoisotopic (exact) mass is 189 g/mol. The maximum Gasteiger partial charge on any atom is 0.160 e. The third-order valence-electron chi connectivity index (χ3n) is 2.84. The second kappa shape index (κ2) is 2.84. The fourth-order valence-electron chi connectivity index (χ4n) is 2.13. The molecule has 1 aromatic rings. The van der Waals surface area contributed by atoms with Crippen LogP contribution in [0.3, 0.4) is 0 Å². The summed E-state index contributed by atoms with van der Waals surface area (Å²) in [5.74, 6) is 0.152. The summed E-state index contributed by atoms with van der Waals surface area (Å²) in [5.41, 5.74) is 3.21. The molecule has 2 rings (SSSR count). The topological polar surface area (TPSA) is 29.1 Å². The average molecular weight is 189 g/mol. The van der Waals surface area contributed by atoms with Gasteiger partial charge in [-0.25, -0.2) is 0 Å². The van der Waals surface area contributed by atoms with Gasteiger partial charge in [0, 0.05) is 23.2 Å². The van der Waals surface area contributed by atoms with Gasteiger partial charge in [0.1, 0.15) is 0 Å². The highest BCUT2D eigenvalue weighted by atomic mass is 16.1. The van der Waals surface area contributed by atoms with Gasteiger partial charge in [-0.2, -0.15) is 0 Å². The predicted molar refractivity (Wildman–Crippen MR) is 58.0 cm³/mol. The number of Topliss-reactive ketones (excluding diaryl/α,β-unsaturated/α-hetero) is 1. The van der Waals surface area contributed by atoms with Gasteiger partial charge in [0.2, 0.25) is 0 Å². The minimum atomic E-state index is 0.0671. The summed E-state index contributed by atoms with van der Waals surface area (Å²) in [5, 5.41) is 3.33. The fraction of sp³-hybridized carbons (Fsp3) is 0.417. The lowest BCUT2D eigenvalue weighted by molar-refractivity contribution is 0.101. The van der Waals surface area contributed by atoms with E-state index in [0.29, 0.717) is 0 Å². The molecule has 74 valence electrons. The quantitative estimate of drug-likeness (QED) is 0.688. The number of ketones is 1. The first kappa shape index (κ1) is 9.25. The fourth-order valence-corrected chi connectivity index (χ4v) is 2.13. The van der Waals surface area contributed by atoms with Gasteiger partial charge in [-0.15, -0.1) is 0 Å². The Morgan fingerprint density at radius 2 is 2.14 bits per heavy atom. The SMILES string of the molecule is CC(=O)c1cccc2c1C(C)(C)CN2. The normalized spacial score (nSPS) is 17.4. The minimum absolute atomic E-state index is 0.0671. The smallest absolute Gasteiger partial charge is 0.160 e. The molecule has 0 unspecified atom stereocenters. The number of carbonyl (C=O) groups excluding carboxylic acids is 1. The van der Waals surface area contributed by atoms with E-state index in [4.69, 9.17) is 0 Å². The molecule has 0 spiro atoms. The number of benzene rings is 1. The van der Waals surface area contributed by atoms with Crippen LogP contribution >= 0.6 is 0 Å². The lowest BCUT2D eigenvalue weighted by Crippen LogP contribution is -2.21. The third-order valence-corrected chi connectivity index (χ3v) is 2.84. The van der Waals surface area contributed by atoms with Crippen molar-refractivity contribution in [1.29, 1.82) is 0 Å². The minimum Gasteiger partial charge on any atom is -0.384 e. The van der Waals surface area contributed by atoms with Gasteiger partial charge in [-0.3, -0.25) is 4.79 Å². The number of rotatable bonds is 1. The van der Waals surface area contributed by atoms with Crippen LogP contribution in [0, 0.1) is 0 Å². The number of hydrogen-bond acceptors (Lipinski definition) is 2. The summed E-state index contributed by atoms with van der Waals surface area (Å²) < 4.78 is 0. The Kier molecular flexibility index (Phi) is 1.88. The molecule has 0 saturated heterocycles. The van der Waals surface area contributed by atoms with Crippen molar-refractivity contribution < 1.29 is 4.79 Å². The second-order valence-electron chi connectivity index (χ2n) is 4.52. The molecule has 0 aliphatic carbocycles. The lowest BCUT2D eigenvalue weighted by atomic mass is 9.83. The summed E-state index contributed by atoms with van der Waals surface area (Å²) in [7, 11) is 0. The van der Waals surface area contributed by atoms with Crippen molar-refractivity contribution >= 4 is 11.5 Å². The Bertz CT molecular complexity index is 393. The van der Waals surface area contributed by atoms with Crippen LogP contribution in [0.5, 0.6) is 0 Å². The molecule has 1 aromatic carbocycles. The summed E-state index contributed by atoms with van der Waals surface area (Å²) in [4.78, 5) is 11.5. The van der Waals surface area contributed by atoms with Gasteiger partial charge in [0.05, 0.1) is 0 Å². The zero-order valence-corrected chi connectivity index (χ0v) is 8.85. The number of hydrogen-bond donors (Lipinski definition) is 1. The molecule has 0 atom stereocenters. The van der Waals surface area contributed by atoms with Gasteiger partial charge in [-0.05, 0) is 18.6 Å². The molecule has 14 heavy (non-hydrogen) atoms. The summed E-state index contributed by atoms with van der Waals surface area (Å²) >= 11 is 0. The maximum absolute atomic E-state index is 11.5. The average Bonchev–Trinajstić information content (AvgIpc) is 2.43. The molecule has 1 aliphatic rings. The molecule has 2 nitrogen and oxygen atoms in total. The first-order chi connectivity index (χ1) is 6.52. The first-order valence-electron chi connectivity index (χ1n) is 4.91. The van der Waals surface area contributed by atoms with Crippen LogP contribution in [0.2, 0.25) is 0 Å². The Labute approximate surface area is 84.3 Å². The standard InChI is InChI=1S/C12H15NO/c1-8(14)9-5-4-6-10-11(9)12(2,3)7-13-10/h4-6,13H,7H2,1-3H3. The van der Waals surface area contributed by atoms with E-state index >= 15 is 0 Å². The van der Waals surface area contributed by atoms with Gasteiger partial charge < -0.3 is 5.32 Å². The van der Waals surface area contributed by atoms with Crippen molar-refractivity contribution in [3.05, 3.63) is 29.3 Å². The van der Waals surface area contributed by atoms with Gasteiger partial charge >= 0.3 is 0 Å². The van der Waals surface area contributed by atoms with Crippen LogP contribution in [0.4, 0.5) is 5.69 Å². The van der Waals surface area contributed by atoms with Crippen LogP contribution in [0.15, 0.2) is 18.2 Å². The molecule has 1 heterocycles. The van der Waals surface area contributed by atoms with E-state index in [-0.39, 0.29) is 11.2 Å². The molecule has 1 N–H and O–H groups in total. The molecule has 0 saturated carbocycles. The van der Waals surface area contributed by atoms with Crippen molar-refractivity contribution in [3.63, 3.8) is 0 Å². The van der Waals surface area contributed by atoms with E-state index in [1.807, 2.05) is 18.2 Å². The molecular weight excluding hydrogens is 174 g/mol. The van der Waals surface area contributed by atoms with Crippen LogP contribution in [0.25, 0.3) is 0 Å². The molecule has 0 fully saturated rings. The Morgan fingerprint density at radius 3 is 2.79 bits per heavy atom. The van der Waals surface area contributed by atoms with Crippen LogP contribution in [-0.4, -0.2) is 12.3 Å². The van der Waals surface area contributed by atoms with E-state index in [2.05, 4.69) is 19.2 Å². The second-order valence-corrected chi connectivity index (χ2v) is 4.52. The predicted octanol–water partition coefficient (Wildman–Crippen LogP) is 2.59. The summed E-state index contributed by atoms with van der Waals surface area (Å²) in [6, 6.07) is 5.89. The largest absolute Gasteiger partial charge is 0.384 e. The van der Waals surface area contributed by atoms with E-state index in [1.165, 1.54) is 5.56 Å². The van der Waals surface area contributed by atoms with Gasteiger partial charge in [-0.1, -0.05) is 26.0 Å². The van der Waals surface area contributed by atoms with Crippen LogP contribution < -0.4 is 5.32 Å². The zero-order chi connectivity index (χ0) is 10.3. The van der Waals surface area contributed by atoms with Crippen molar-refractivity contribution in [2.24, 2.45) is 0 Å². The molecule has 2 heteroatoms. The third kappa shape index (κ3) is 1.22. The Morgan fingerprint density at radius 1 is 1.43 bits per heavy atom. The first-order valence-corrected chi connectivity index (χ1v) is 4.91. The Hall–Kier alpha value is -1.31. The molecule has 0 amide bonds. The molecule has 1 aliphatic heterocycles. The molecule has 0 bridgehead atoms. The maximum atomic E-state index is 11.5. The molecular formula is C12H15NO. The highest BCUT2D eigenvalue weighted by molar-refractivity contribution is 5.98. The van der Waals surface area contributed by atoms with E-state index in [1.54, 1.807) is 6.92 Å². The van der Waals surface area contributed by atoms with Gasteiger partial charge in [0.15, 0.2) is 5.78 Å².